The standard InChI is InChI=1S/C14H18O2/c1-9-4-5-11-7-10(2)13(14(15)16-3)8-12(11)6-9/h4-6,10,13H,7-8H2,1-3H3/t10-,13-/m1/s1. The Morgan fingerprint density at radius 3 is 2.75 bits per heavy atom. The molecule has 0 fully saturated rings. The predicted octanol–water partition coefficient (Wildman–Crippen LogP) is 2.52. The van der Waals surface area contributed by atoms with Crippen molar-refractivity contribution < 1.29 is 9.53 Å². The lowest BCUT2D eigenvalue weighted by molar-refractivity contribution is -0.147. The largest absolute Gasteiger partial charge is 0.469 e. The fourth-order valence-electron chi connectivity index (χ4n) is 2.54. The fraction of sp³-hybridized carbons (Fsp3) is 0.500. The molecule has 2 rings (SSSR count). The molecule has 16 heavy (non-hydrogen) atoms. The summed E-state index contributed by atoms with van der Waals surface area (Å²) >= 11 is 0. The van der Waals surface area contributed by atoms with Crippen molar-refractivity contribution in [3.8, 4) is 0 Å². The maximum atomic E-state index is 11.6. The first-order valence-corrected chi connectivity index (χ1v) is 5.78. The van der Waals surface area contributed by atoms with E-state index in [9.17, 15) is 4.79 Å². The number of methoxy groups -OCH3 is 1. The van der Waals surface area contributed by atoms with Gasteiger partial charge in [-0.05, 0) is 36.8 Å². The first-order valence-electron chi connectivity index (χ1n) is 5.78. The average Bonchev–Trinajstić information content (AvgIpc) is 2.28. The number of fused-ring (bicyclic) bond motifs is 1. The van der Waals surface area contributed by atoms with E-state index in [1.807, 2.05) is 0 Å². The molecule has 2 nitrogen and oxygen atoms in total. The maximum Gasteiger partial charge on any atom is 0.309 e. The number of carbonyl (C=O) groups excluding carboxylic acids is 1. The minimum atomic E-state index is -0.0698. The van der Waals surface area contributed by atoms with Crippen molar-refractivity contribution >= 4 is 5.97 Å². The van der Waals surface area contributed by atoms with Crippen LogP contribution in [-0.2, 0) is 22.4 Å². The molecule has 0 amide bonds. The van der Waals surface area contributed by atoms with Crippen molar-refractivity contribution in [1.29, 1.82) is 0 Å². The van der Waals surface area contributed by atoms with Gasteiger partial charge in [-0.15, -0.1) is 0 Å². The predicted molar refractivity (Wildman–Crippen MR) is 63.3 cm³/mol. The summed E-state index contributed by atoms with van der Waals surface area (Å²) in [4.78, 5) is 11.6. The van der Waals surface area contributed by atoms with Gasteiger partial charge in [0.2, 0.25) is 0 Å². The summed E-state index contributed by atoms with van der Waals surface area (Å²) in [6.45, 7) is 4.22. The number of rotatable bonds is 1. The molecule has 0 radical (unpaired) electrons. The van der Waals surface area contributed by atoms with Gasteiger partial charge >= 0.3 is 5.97 Å². The van der Waals surface area contributed by atoms with Gasteiger partial charge in [0.25, 0.3) is 0 Å². The molecular formula is C14H18O2. The Kier molecular flexibility index (Phi) is 2.99. The molecule has 0 heterocycles. The highest BCUT2D eigenvalue weighted by atomic mass is 16.5. The van der Waals surface area contributed by atoms with Crippen molar-refractivity contribution in [1.82, 2.24) is 0 Å². The van der Waals surface area contributed by atoms with Gasteiger partial charge in [-0.1, -0.05) is 30.7 Å². The van der Waals surface area contributed by atoms with Crippen LogP contribution in [0.25, 0.3) is 0 Å². The van der Waals surface area contributed by atoms with E-state index in [0.717, 1.165) is 12.8 Å². The molecule has 1 aliphatic carbocycles. The van der Waals surface area contributed by atoms with Crippen molar-refractivity contribution in [2.45, 2.75) is 26.7 Å². The number of hydrogen-bond acceptors (Lipinski definition) is 2. The smallest absolute Gasteiger partial charge is 0.309 e. The fourth-order valence-corrected chi connectivity index (χ4v) is 2.54. The summed E-state index contributed by atoms with van der Waals surface area (Å²) in [5.74, 6) is 0.335. The molecule has 2 heteroatoms. The Balaban J connectivity index is 2.29. The van der Waals surface area contributed by atoms with E-state index >= 15 is 0 Å². The topological polar surface area (TPSA) is 26.3 Å². The van der Waals surface area contributed by atoms with E-state index in [0.29, 0.717) is 5.92 Å². The molecule has 2 atom stereocenters. The Hall–Kier alpha value is -1.31. The highest BCUT2D eigenvalue weighted by Crippen LogP contribution is 2.31. The lowest BCUT2D eigenvalue weighted by atomic mass is 9.76. The maximum absolute atomic E-state index is 11.6. The van der Waals surface area contributed by atoms with Crippen molar-refractivity contribution in [2.75, 3.05) is 7.11 Å². The second-order valence-corrected chi connectivity index (χ2v) is 4.79. The second-order valence-electron chi connectivity index (χ2n) is 4.79. The molecule has 1 aromatic carbocycles. The lowest BCUT2D eigenvalue weighted by Gasteiger charge is -2.29. The molecule has 0 aromatic heterocycles. The molecule has 0 aliphatic heterocycles. The minimum absolute atomic E-state index is 0.0271. The summed E-state index contributed by atoms with van der Waals surface area (Å²) in [5, 5.41) is 0. The van der Waals surface area contributed by atoms with Gasteiger partial charge < -0.3 is 4.74 Å². The van der Waals surface area contributed by atoms with Crippen molar-refractivity contribution in [3.05, 3.63) is 34.9 Å². The lowest BCUT2D eigenvalue weighted by Crippen LogP contribution is -2.30. The zero-order valence-electron chi connectivity index (χ0n) is 10.1. The van der Waals surface area contributed by atoms with Crippen LogP contribution in [0.4, 0.5) is 0 Å². The molecule has 86 valence electrons. The van der Waals surface area contributed by atoms with Crippen LogP contribution in [0.1, 0.15) is 23.6 Å². The molecule has 0 unspecified atom stereocenters. The summed E-state index contributed by atoms with van der Waals surface area (Å²) in [6.07, 6.45) is 1.81. The SMILES string of the molecule is COC(=O)[C@@H]1Cc2cc(C)ccc2C[C@H]1C. The average molecular weight is 218 g/mol. The van der Waals surface area contributed by atoms with Crippen LogP contribution in [0.2, 0.25) is 0 Å². The summed E-state index contributed by atoms with van der Waals surface area (Å²) in [7, 11) is 1.47. The zero-order chi connectivity index (χ0) is 11.7. The van der Waals surface area contributed by atoms with Gasteiger partial charge in [0.1, 0.15) is 0 Å². The highest BCUT2D eigenvalue weighted by molar-refractivity contribution is 5.73. The molecule has 0 N–H and O–H groups in total. The Labute approximate surface area is 96.6 Å². The highest BCUT2D eigenvalue weighted by Gasteiger charge is 2.31. The molecule has 0 bridgehead atoms. The van der Waals surface area contributed by atoms with Crippen LogP contribution in [0, 0.1) is 18.8 Å². The number of esters is 1. The van der Waals surface area contributed by atoms with E-state index in [-0.39, 0.29) is 11.9 Å². The van der Waals surface area contributed by atoms with E-state index in [1.165, 1.54) is 23.8 Å². The molecule has 0 saturated carbocycles. The Morgan fingerprint density at radius 1 is 1.31 bits per heavy atom. The first kappa shape index (κ1) is 11.2. The number of carbonyl (C=O) groups is 1. The van der Waals surface area contributed by atoms with E-state index in [2.05, 4.69) is 32.0 Å². The van der Waals surface area contributed by atoms with Crippen molar-refractivity contribution in [2.24, 2.45) is 11.8 Å². The summed E-state index contributed by atoms with van der Waals surface area (Å²) < 4.78 is 4.87. The molecule has 0 saturated heterocycles. The van der Waals surface area contributed by atoms with Gasteiger partial charge in [-0.3, -0.25) is 4.79 Å². The van der Waals surface area contributed by atoms with Crippen LogP contribution < -0.4 is 0 Å². The minimum Gasteiger partial charge on any atom is -0.469 e. The Morgan fingerprint density at radius 2 is 2.06 bits per heavy atom. The number of hydrogen-bond donors (Lipinski definition) is 0. The van der Waals surface area contributed by atoms with Crippen LogP contribution in [0.5, 0.6) is 0 Å². The molecule has 0 spiro atoms. The van der Waals surface area contributed by atoms with Crippen molar-refractivity contribution in [3.63, 3.8) is 0 Å². The quantitative estimate of drug-likeness (QED) is 0.677. The first-order chi connectivity index (χ1) is 7.61. The number of benzene rings is 1. The Bertz CT molecular complexity index is 409. The van der Waals surface area contributed by atoms with Gasteiger partial charge in [-0.2, -0.15) is 0 Å². The second kappa shape index (κ2) is 4.28. The molecular weight excluding hydrogens is 200 g/mol. The van der Waals surface area contributed by atoms with Gasteiger partial charge in [-0.25, -0.2) is 0 Å². The molecule has 1 aromatic rings. The summed E-state index contributed by atoms with van der Waals surface area (Å²) in [5.41, 5.74) is 3.96. The van der Waals surface area contributed by atoms with E-state index < -0.39 is 0 Å². The number of aryl methyl sites for hydroxylation is 1. The zero-order valence-corrected chi connectivity index (χ0v) is 10.1. The monoisotopic (exact) mass is 218 g/mol. The van der Waals surface area contributed by atoms with E-state index in [4.69, 9.17) is 4.74 Å². The third-order valence-electron chi connectivity index (χ3n) is 3.53. The van der Waals surface area contributed by atoms with Crippen LogP contribution >= 0.6 is 0 Å². The summed E-state index contributed by atoms with van der Waals surface area (Å²) in [6, 6.07) is 6.52. The normalized spacial score (nSPS) is 23.7. The third kappa shape index (κ3) is 1.97. The third-order valence-corrected chi connectivity index (χ3v) is 3.53. The van der Waals surface area contributed by atoms with Crippen LogP contribution in [0.15, 0.2) is 18.2 Å². The van der Waals surface area contributed by atoms with Gasteiger partial charge in [0.05, 0.1) is 13.0 Å². The van der Waals surface area contributed by atoms with Crippen LogP contribution in [-0.4, -0.2) is 13.1 Å². The van der Waals surface area contributed by atoms with Gasteiger partial charge in [0, 0.05) is 0 Å². The van der Waals surface area contributed by atoms with Crippen LogP contribution in [0.3, 0.4) is 0 Å². The number of ether oxygens (including phenoxy) is 1. The molecule has 1 aliphatic rings. The van der Waals surface area contributed by atoms with Gasteiger partial charge in [0.15, 0.2) is 0 Å². The van der Waals surface area contributed by atoms with E-state index in [1.54, 1.807) is 0 Å².